The zero-order valence-electron chi connectivity index (χ0n) is 11.5. The van der Waals surface area contributed by atoms with Crippen LogP contribution >= 0.6 is 0 Å². The second-order valence-corrected chi connectivity index (χ2v) is 4.68. The van der Waals surface area contributed by atoms with Crippen LogP contribution in [0.1, 0.15) is 22.8 Å². The van der Waals surface area contributed by atoms with Crippen LogP contribution in [0, 0.1) is 0 Å². The highest BCUT2D eigenvalue weighted by molar-refractivity contribution is 6.22. The van der Waals surface area contributed by atoms with Gasteiger partial charge in [-0.2, -0.15) is 0 Å². The van der Waals surface area contributed by atoms with Crippen LogP contribution in [0.4, 0.5) is 0 Å². The predicted octanol–water partition coefficient (Wildman–Crippen LogP) is 2.01. The molecule has 3 N–H and O–H groups in total. The highest BCUT2D eigenvalue weighted by Crippen LogP contribution is 2.27. The van der Waals surface area contributed by atoms with Crippen LogP contribution < -0.4 is 0 Å². The van der Waals surface area contributed by atoms with Crippen molar-refractivity contribution in [1.29, 1.82) is 0 Å². The summed E-state index contributed by atoms with van der Waals surface area (Å²) in [4.78, 5) is 33.5. The van der Waals surface area contributed by atoms with E-state index in [1.807, 2.05) is 0 Å². The fourth-order valence-electron chi connectivity index (χ4n) is 2.04. The molecule has 1 aliphatic carbocycles. The molecule has 0 heterocycles. The first kappa shape index (κ1) is 15.2. The Morgan fingerprint density at radius 2 is 1.73 bits per heavy atom. The van der Waals surface area contributed by atoms with Gasteiger partial charge in [0.05, 0.1) is 0 Å². The van der Waals surface area contributed by atoms with Gasteiger partial charge >= 0.3 is 11.9 Å². The molecule has 2 rings (SSSR count). The third kappa shape index (κ3) is 2.80. The SMILES string of the molecule is C/C(=C1\C=CC(=O)C(C(=O)O)=C1)c1ccc(O)c(C(=O)O)c1. The first-order valence-corrected chi connectivity index (χ1v) is 6.26. The molecule has 22 heavy (non-hydrogen) atoms. The van der Waals surface area contributed by atoms with E-state index in [0.29, 0.717) is 16.7 Å². The third-order valence-corrected chi connectivity index (χ3v) is 3.30. The minimum atomic E-state index is -1.32. The first-order chi connectivity index (χ1) is 10.3. The summed E-state index contributed by atoms with van der Waals surface area (Å²) in [5, 5.41) is 27.5. The number of aromatic hydroxyl groups is 1. The highest BCUT2D eigenvalue weighted by Gasteiger charge is 2.19. The molecule has 0 bridgehead atoms. The Balaban J connectivity index is 2.55. The molecular weight excluding hydrogens is 288 g/mol. The van der Waals surface area contributed by atoms with E-state index in [0.717, 1.165) is 6.08 Å². The van der Waals surface area contributed by atoms with E-state index in [1.54, 1.807) is 6.92 Å². The van der Waals surface area contributed by atoms with E-state index >= 15 is 0 Å². The second kappa shape index (κ2) is 5.69. The van der Waals surface area contributed by atoms with E-state index in [9.17, 15) is 19.5 Å². The summed E-state index contributed by atoms with van der Waals surface area (Å²) >= 11 is 0. The Morgan fingerprint density at radius 1 is 1.05 bits per heavy atom. The average molecular weight is 300 g/mol. The van der Waals surface area contributed by atoms with Crippen LogP contribution in [0.25, 0.3) is 5.57 Å². The number of carbonyl (C=O) groups is 3. The van der Waals surface area contributed by atoms with Crippen molar-refractivity contribution in [2.24, 2.45) is 0 Å². The fraction of sp³-hybridized carbons (Fsp3) is 0.0625. The molecule has 0 saturated carbocycles. The molecule has 0 aliphatic heterocycles. The largest absolute Gasteiger partial charge is 0.507 e. The van der Waals surface area contributed by atoms with Gasteiger partial charge in [0.25, 0.3) is 0 Å². The number of aliphatic carboxylic acids is 1. The lowest BCUT2D eigenvalue weighted by atomic mass is 9.93. The molecule has 0 saturated heterocycles. The minimum absolute atomic E-state index is 0.254. The third-order valence-electron chi connectivity index (χ3n) is 3.30. The van der Waals surface area contributed by atoms with E-state index in [-0.39, 0.29) is 16.9 Å². The van der Waals surface area contributed by atoms with Gasteiger partial charge in [0.2, 0.25) is 0 Å². The monoisotopic (exact) mass is 300 g/mol. The van der Waals surface area contributed by atoms with E-state index in [2.05, 4.69) is 0 Å². The smallest absolute Gasteiger partial charge is 0.339 e. The molecule has 0 radical (unpaired) electrons. The number of hydrogen-bond donors (Lipinski definition) is 3. The number of allylic oxidation sites excluding steroid dienone is 5. The fourth-order valence-corrected chi connectivity index (χ4v) is 2.04. The molecule has 0 amide bonds. The normalized spacial score (nSPS) is 16.2. The maximum atomic E-state index is 11.5. The van der Waals surface area contributed by atoms with E-state index in [1.165, 1.54) is 30.4 Å². The lowest BCUT2D eigenvalue weighted by molar-refractivity contribution is -0.134. The van der Waals surface area contributed by atoms with Gasteiger partial charge in [-0.05, 0) is 47.9 Å². The number of carbonyl (C=O) groups excluding carboxylic acids is 1. The number of carboxylic acid groups (broad SMARTS) is 2. The van der Waals surface area contributed by atoms with Crippen LogP contribution in [0.3, 0.4) is 0 Å². The molecule has 1 aliphatic rings. The standard InChI is InChI=1S/C16H12O6/c1-8(9-2-4-13(17)11(6-9)15(19)20)10-3-5-14(18)12(7-10)16(21)22/h2-7,17H,1H3,(H,19,20)(H,21,22)/b10-8-. The van der Waals surface area contributed by atoms with E-state index in [4.69, 9.17) is 10.2 Å². The summed E-state index contributed by atoms with van der Waals surface area (Å²) in [5.41, 5.74) is 0.971. The van der Waals surface area contributed by atoms with Gasteiger partial charge < -0.3 is 15.3 Å². The van der Waals surface area contributed by atoms with Gasteiger partial charge in [-0.25, -0.2) is 9.59 Å². The molecule has 0 fully saturated rings. The van der Waals surface area contributed by atoms with Crippen molar-refractivity contribution in [3.63, 3.8) is 0 Å². The molecule has 0 unspecified atom stereocenters. The Bertz CT molecular complexity index is 780. The Labute approximate surface area is 125 Å². The molecule has 6 nitrogen and oxygen atoms in total. The number of carboxylic acids is 2. The van der Waals surface area contributed by atoms with Gasteiger partial charge in [0, 0.05) is 0 Å². The number of phenols is 1. The van der Waals surface area contributed by atoms with Gasteiger partial charge in [-0.3, -0.25) is 4.79 Å². The zero-order chi connectivity index (χ0) is 16.4. The van der Waals surface area contributed by atoms with Crippen molar-refractivity contribution < 1.29 is 29.7 Å². The lowest BCUT2D eigenvalue weighted by Crippen LogP contribution is -2.13. The zero-order valence-corrected chi connectivity index (χ0v) is 11.5. The summed E-state index contributed by atoms with van der Waals surface area (Å²) in [7, 11) is 0. The molecular formula is C16H12O6. The molecule has 0 spiro atoms. The van der Waals surface area contributed by atoms with Crippen LogP contribution in [0.5, 0.6) is 5.75 Å². The van der Waals surface area contributed by atoms with Crippen LogP contribution in [-0.4, -0.2) is 33.0 Å². The quantitative estimate of drug-likeness (QED) is 0.736. The highest BCUT2D eigenvalue weighted by atomic mass is 16.4. The Kier molecular flexibility index (Phi) is 3.94. The summed E-state index contributed by atoms with van der Waals surface area (Å²) in [5.74, 6) is -3.55. The van der Waals surface area contributed by atoms with Gasteiger partial charge in [-0.1, -0.05) is 12.1 Å². The van der Waals surface area contributed by atoms with Crippen molar-refractivity contribution in [3.8, 4) is 5.75 Å². The van der Waals surface area contributed by atoms with Crippen molar-refractivity contribution in [1.82, 2.24) is 0 Å². The topological polar surface area (TPSA) is 112 Å². The summed E-state index contributed by atoms with van der Waals surface area (Å²) in [6, 6.07) is 4.06. The average Bonchev–Trinajstić information content (AvgIpc) is 2.47. The first-order valence-electron chi connectivity index (χ1n) is 6.26. The number of hydrogen-bond acceptors (Lipinski definition) is 4. The molecule has 0 aromatic heterocycles. The molecule has 1 aromatic rings. The maximum absolute atomic E-state index is 11.5. The van der Waals surface area contributed by atoms with E-state index < -0.39 is 17.7 Å². The summed E-state index contributed by atoms with van der Waals surface area (Å²) in [6.07, 6.45) is 3.87. The lowest BCUT2D eigenvalue weighted by Gasteiger charge is -2.11. The number of ketones is 1. The van der Waals surface area contributed by atoms with Crippen molar-refractivity contribution >= 4 is 23.3 Å². The minimum Gasteiger partial charge on any atom is -0.507 e. The summed E-state index contributed by atoms with van der Waals surface area (Å²) < 4.78 is 0. The van der Waals surface area contributed by atoms with Crippen LogP contribution in [-0.2, 0) is 9.59 Å². The number of rotatable bonds is 3. The molecule has 112 valence electrons. The van der Waals surface area contributed by atoms with Crippen molar-refractivity contribution in [3.05, 3.63) is 58.7 Å². The number of benzene rings is 1. The van der Waals surface area contributed by atoms with Crippen molar-refractivity contribution in [2.45, 2.75) is 6.92 Å². The van der Waals surface area contributed by atoms with Gasteiger partial charge in [0.15, 0.2) is 5.78 Å². The van der Waals surface area contributed by atoms with Crippen molar-refractivity contribution in [2.75, 3.05) is 0 Å². The summed E-state index contributed by atoms with van der Waals surface area (Å²) in [6.45, 7) is 1.67. The Morgan fingerprint density at radius 3 is 2.32 bits per heavy atom. The molecule has 6 heteroatoms. The Hall–Kier alpha value is -3.15. The van der Waals surface area contributed by atoms with Crippen LogP contribution in [0.2, 0.25) is 0 Å². The van der Waals surface area contributed by atoms with Gasteiger partial charge in [-0.15, -0.1) is 0 Å². The molecule has 1 aromatic carbocycles. The predicted molar refractivity (Wildman–Crippen MR) is 77.5 cm³/mol. The van der Waals surface area contributed by atoms with Crippen LogP contribution in [0.15, 0.2) is 47.6 Å². The van der Waals surface area contributed by atoms with Gasteiger partial charge in [0.1, 0.15) is 16.9 Å². The maximum Gasteiger partial charge on any atom is 0.339 e. The number of aromatic carboxylic acids is 1. The molecule has 0 atom stereocenters. The second-order valence-electron chi connectivity index (χ2n) is 4.68.